The molecule has 0 N–H and O–H groups in total. The predicted octanol–water partition coefficient (Wildman–Crippen LogP) is 9.21. The smallest absolute Gasteiger partial charge is 0.256 e. The molecule has 22 heteroatoms. The van der Waals surface area contributed by atoms with Gasteiger partial charge in [0.25, 0.3) is 0 Å². The van der Waals surface area contributed by atoms with Crippen LogP contribution in [0.1, 0.15) is 33.4 Å². The highest BCUT2D eigenvalue weighted by Crippen LogP contribution is 2.38. The summed E-state index contributed by atoms with van der Waals surface area (Å²) in [6.45, 7) is 44.6. The first-order valence-electron chi connectivity index (χ1n) is 30.8. The highest BCUT2D eigenvalue weighted by atomic mass is 14.9. The van der Waals surface area contributed by atoms with Crippen LogP contribution in [0.3, 0.4) is 0 Å². The standard InChI is InChI=1S/C28H14N6.2C26H12N8/c1-31-28(32-2)18-13-22-23(14-18)27(25-8-4-6-10-34-25)21-12-17(19(15-29)16-30)11-20(21)26(22)24-7-3-5-9-33-24;1-29-26(30-2)16-5-22-23(6-16)25(19-11-33-14-34-12-19)21-4-15(17(7-27)8-28)3-20(21)24(22)18-9-31-13-32-10-18;1-29-24(30-2)16-11-20-21(12-16)23(26-33-7-4-8-34-26)19-10-15(17(13-27)14-28)9-18(19)22(20)25-31-5-3-6-32-25/h3-11,14H,12-13H2;3,6,9-14H,4-5H2;3-9,12H,10-11H2. The van der Waals surface area contributed by atoms with E-state index >= 15 is 0 Å². The van der Waals surface area contributed by atoms with Gasteiger partial charge >= 0.3 is 17.5 Å². The summed E-state index contributed by atoms with van der Waals surface area (Å²) in [6, 6.07) is 26.8. The summed E-state index contributed by atoms with van der Waals surface area (Å²) >= 11 is 0. The molecule has 0 atom stereocenters. The molecule has 0 bridgehead atoms. The zero-order valence-electron chi connectivity index (χ0n) is 53.1. The summed E-state index contributed by atoms with van der Waals surface area (Å²) in [7, 11) is 0. The highest BCUT2D eigenvalue weighted by molar-refractivity contribution is 5.89. The van der Waals surface area contributed by atoms with Crippen LogP contribution < -0.4 is 31.3 Å². The van der Waals surface area contributed by atoms with Gasteiger partial charge in [-0.05, 0) is 166 Å². The van der Waals surface area contributed by atoms with E-state index in [9.17, 15) is 31.6 Å². The maximum Gasteiger partial charge on any atom is 0.522 e. The predicted molar refractivity (Wildman–Crippen MR) is 372 cm³/mol. The molecule has 0 spiro atoms. The monoisotopic (exact) mass is 1310 g/mol. The molecule has 6 heterocycles. The van der Waals surface area contributed by atoms with Gasteiger partial charge in [-0.3, -0.25) is 9.97 Å². The fourth-order valence-electron chi connectivity index (χ4n) is 13.7. The Morgan fingerprint density at radius 3 is 0.843 bits per heavy atom. The van der Waals surface area contributed by atoms with Gasteiger partial charge in [0.2, 0.25) is 0 Å². The third-order valence-electron chi connectivity index (χ3n) is 17.7. The van der Waals surface area contributed by atoms with Crippen LogP contribution in [0.4, 0.5) is 0 Å². The lowest BCUT2D eigenvalue weighted by Crippen LogP contribution is -2.24. The Hall–Kier alpha value is -16.2. The SMILES string of the molecule is [C-]#[N+]C([N+]#[C-])=C1C=c2c(c(-c3ccccn3)c3c(c2-c2ccccn2)CC(=C(C#N)C#N)C=3)C1.[C-]#[N+]C([N+]#[C-])=C1C=c2c(c(-c3cncnc3)c3c(c2-c2cncnc2)CC(=C(C#N)C#N)C=3)C1.[C-]#[N+]C([N+]#[C-])=C1C=c2c(c(-c3ncccn3)c3c(c2-c2ncccn2)CC(=C(C#N)C#N)C=3)C1. The van der Waals surface area contributed by atoms with E-state index in [1.165, 1.54) is 12.7 Å². The van der Waals surface area contributed by atoms with Crippen LogP contribution in [0.5, 0.6) is 0 Å². The first kappa shape index (κ1) is 64.5. The van der Waals surface area contributed by atoms with Gasteiger partial charge in [-0.2, -0.15) is 60.6 Å². The lowest BCUT2D eigenvalue weighted by molar-refractivity contribution is 1.10. The van der Waals surface area contributed by atoms with Crippen molar-refractivity contribution in [2.75, 3.05) is 0 Å². The van der Waals surface area contributed by atoms with Crippen LogP contribution in [-0.2, 0) is 38.5 Å². The molecule has 6 aromatic heterocycles. The van der Waals surface area contributed by atoms with Crippen molar-refractivity contribution in [1.29, 1.82) is 31.6 Å². The van der Waals surface area contributed by atoms with Crippen molar-refractivity contribution in [1.82, 2.24) is 49.8 Å². The van der Waals surface area contributed by atoms with E-state index in [-0.39, 0.29) is 34.2 Å². The Bertz CT molecular complexity index is 5290. The summed E-state index contributed by atoms with van der Waals surface area (Å²) in [5.41, 5.74) is 17.7. The molecular weight excluding hydrogens is 1270 g/mol. The van der Waals surface area contributed by atoms with E-state index in [4.69, 9.17) is 39.4 Å². The van der Waals surface area contributed by atoms with E-state index < -0.39 is 0 Å². The van der Waals surface area contributed by atoms with Crippen LogP contribution in [0, 0.1) is 107 Å². The lowest BCUT2D eigenvalue weighted by atomic mass is 9.89. The topological polar surface area (TPSA) is 298 Å². The molecule has 22 nitrogen and oxygen atoms in total. The second kappa shape index (κ2) is 28.0. The van der Waals surface area contributed by atoms with Gasteiger partial charge < -0.3 is 0 Å². The zero-order chi connectivity index (χ0) is 71.0. The highest BCUT2D eigenvalue weighted by Gasteiger charge is 2.34. The Morgan fingerprint density at radius 2 is 0.559 bits per heavy atom. The zero-order valence-corrected chi connectivity index (χ0v) is 53.1. The van der Waals surface area contributed by atoms with Crippen molar-refractivity contribution in [2.45, 2.75) is 38.5 Å². The number of pyridine rings is 2. The number of aromatic nitrogens is 10. The van der Waals surface area contributed by atoms with Crippen LogP contribution in [0.15, 0.2) is 191 Å². The summed E-state index contributed by atoms with van der Waals surface area (Å²) in [5.74, 6) is 1.08. The summed E-state index contributed by atoms with van der Waals surface area (Å²) in [5, 5.41) is 62.1. The van der Waals surface area contributed by atoms with E-state index in [0.29, 0.717) is 83.6 Å². The molecule has 0 radical (unpaired) electrons. The number of nitrogens with zero attached hydrogens (tertiary/aromatic N) is 22. The Kier molecular flexibility index (Phi) is 17.7. The number of rotatable bonds is 6. The van der Waals surface area contributed by atoms with E-state index in [1.807, 2.05) is 109 Å². The van der Waals surface area contributed by atoms with Crippen molar-refractivity contribution < 1.29 is 0 Å². The molecule has 6 aliphatic carbocycles. The molecule has 0 saturated carbocycles. The molecule has 0 amide bonds. The Morgan fingerprint density at radius 1 is 0.304 bits per heavy atom. The number of nitriles is 6. The van der Waals surface area contributed by atoms with Crippen molar-refractivity contribution in [3.8, 4) is 104 Å². The Balaban J connectivity index is 0.000000137. The average molecular weight is 1310 g/mol. The summed E-state index contributed by atoms with van der Waals surface area (Å²) in [4.78, 5) is 64.3. The normalized spacial score (nSPS) is 12.7. The minimum atomic E-state index is 0.0111. The largest absolute Gasteiger partial charge is 0.522 e. The first-order valence-corrected chi connectivity index (χ1v) is 30.8. The second-order valence-corrected chi connectivity index (χ2v) is 22.9. The van der Waals surface area contributed by atoms with E-state index in [1.54, 1.807) is 74.1 Å². The lowest BCUT2D eigenvalue weighted by Gasteiger charge is -2.15. The van der Waals surface area contributed by atoms with Gasteiger partial charge in [0.05, 0.1) is 28.1 Å². The van der Waals surface area contributed by atoms with Crippen molar-refractivity contribution in [2.24, 2.45) is 0 Å². The second-order valence-electron chi connectivity index (χ2n) is 22.9. The fourth-order valence-corrected chi connectivity index (χ4v) is 13.7. The first-order chi connectivity index (χ1) is 50.1. The number of hydrogen-bond donors (Lipinski definition) is 0. The number of hydrogen-bond acceptors (Lipinski definition) is 16. The van der Waals surface area contributed by atoms with Crippen LogP contribution >= 0.6 is 0 Å². The van der Waals surface area contributed by atoms with Gasteiger partial charge in [0, 0.05) is 115 Å². The van der Waals surface area contributed by atoms with Crippen molar-refractivity contribution >= 4 is 36.5 Å². The maximum absolute atomic E-state index is 9.51. The molecule has 0 unspecified atom stereocenters. The average Bonchev–Trinajstić information content (AvgIpc) is 1.57. The minimum Gasteiger partial charge on any atom is -0.256 e. The molecule has 9 aromatic rings. The maximum atomic E-state index is 9.51. The van der Waals surface area contributed by atoms with Crippen LogP contribution in [-0.4, -0.2) is 49.8 Å². The van der Waals surface area contributed by atoms with E-state index in [0.717, 1.165) is 121 Å². The summed E-state index contributed by atoms with van der Waals surface area (Å²) < 4.78 is 0. The molecule has 102 heavy (non-hydrogen) atoms. The van der Waals surface area contributed by atoms with Gasteiger partial charge in [-0.25, -0.2) is 39.9 Å². The molecule has 0 saturated heterocycles. The molecule has 0 aliphatic heterocycles. The van der Waals surface area contributed by atoms with E-state index in [2.05, 4.69) is 78.9 Å². The van der Waals surface area contributed by atoms with Gasteiger partial charge in [-0.15, -0.1) is 0 Å². The molecule has 3 aromatic carbocycles. The number of fused-ring (bicyclic) bond motifs is 6. The van der Waals surface area contributed by atoms with Crippen molar-refractivity contribution in [3.63, 3.8) is 0 Å². The van der Waals surface area contributed by atoms with Crippen LogP contribution in [0.25, 0.3) is 133 Å². The number of allylic oxidation sites excluding steroid dienone is 9. The molecular formula is C80H38N22. The third kappa shape index (κ3) is 11.5. The third-order valence-corrected chi connectivity index (χ3v) is 17.7. The van der Waals surface area contributed by atoms with Gasteiger partial charge in [0.1, 0.15) is 105 Å². The summed E-state index contributed by atoms with van der Waals surface area (Å²) in [6.07, 6.45) is 33.4. The van der Waals surface area contributed by atoms with Gasteiger partial charge in [-0.1, -0.05) is 30.4 Å². The molecule has 468 valence electrons. The Labute approximate surface area is 581 Å². The molecule has 15 rings (SSSR count). The van der Waals surface area contributed by atoms with Crippen molar-refractivity contribution in [3.05, 3.63) is 324 Å². The quantitative estimate of drug-likeness (QED) is 0.111. The fraction of sp³-hybridized carbons (Fsp3) is 0.0750. The van der Waals surface area contributed by atoms with Gasteiger partial charge in [0.15, 0.2) is 11.6 Å². The molecule has 6 aliphatic rings. The minimum absolute atomic E-state index is 0.0111. The van der Waals surface area contributed by atoms with Crippen LogP contribution in [0.2, 0.25) is 0 Å². The number of benzene rings is 3. The molecule has 0 fully saturated rings.